The Hall–Kier alpha value is -2.76. The molecule has 0 amide bonds. The molecule has 1 aliphatic rings. The minimum Gasteiger partial charge on any atom is -0.367 e. The first-order valence-corrected chi connectivity index (χ1v) is 9.29. The summed E-state index contributed by atoms with van der Waals surface area (Å²) in [5.41, 5.74) is 4.11. The van der Waals surface area contributed by atoms with Gasteiger partial charge >= 0.3 is 6.18 Å². The number of H-pyrrole nitrogens is 1. The minimum absolute atomic E-state index is 0.287. The highest BCUT2D eigenvalue weighted by molar-refractivity contribution is 5.69. The lowest BCUT2D eigenvalue weighted by Crippen LogP contribution is -2.36. The van der Waals surface area contributed by atoms with Crippen molar-refractivity contribution >= 4 is 5.69 Å². The van der Waals surface area contributed by atoms with E-state index in [-0.39, 0.29) is 5.56 Å². The van der Waals surface area contributed by atoms with Gasteiger partial charge in [0, 0.05) is 30.5 Å². The van der Waals surface area contributed by atoms with Crippen LogP contribution in [0.3, 0.4) is 0 Å². The fourth-order valence-corrected chi connectivity index (χ4v) is 3.63. The van der Waals surface area contributed by atoms with Crippen LogP contribution in [0.25, 0.3) is 11.1 Å². The summed E-state index contributed by atoms with van der Waals surface area (Å²) in [6.45, 7) is 4.03. The Morgan fingerprint density at radius 1 is 1.04 bits per heavy atom. The molecule has 1 N–H and O–H groups in total. The Kier molecular flexibility index (Phi) is 4.44. The number of aromatic nitrogens is 2. The van der Waals surface area contributed by atoms with E-state index in [0.717, 1.165) is 29.7 Å². The van der Waals surface area contributed by atoms with Gasteiger partial charge in [0.1, 0.15) is 0 Å². The number of anilines is 1. The summed E-state index contributed by atoms with van der Waals surface area (Å²) < 4.78 is 39.7. The Labute approximate surface area is 162 Å². The van der Waals surface area contributed by atoms with Crippen molar-refractivity contribution in [2.24, 2.45) is 0 Å². The highest BCUT2D eigenvalue weighted by Crippen LogP contribution is 2.40. The van der Waals surface area contributed by atoms with Crippen LogP contribution in [0.5, 0.6) is 0 Å². The molecule has 28 heavy (non-hydrogen) atoms. The van der Waals surface area contributed by atoms with Crippen molar-refractivity contribution in [2.75, 3.05) is 11.4 Å². The molecule has 0 saturated heterocycles. The number of hydrogen-bond donors (Lipinski definition) is 1. The van der Waals surface area contributed by atoms with Crippen molar-refractivity contribution in [1.29, 1.82) is 0 Å². The summed E-state index contributed by atoms with van der Waals surface area (Å²) in [4.78, 5) is 2.28. The van der Waals surface area contributed by atoms with Crippen LogP contribution in [0.1, 0.15) is 30.5 Å². The lowest BCUT2D eigenvalue weighted by Gasteiger charge is -2.28. The largest absolute Gasteiger partial charge is 0.397 e. The van der Waals surface area contributed by atoms with Crippen LogP contribution in [0.2, 0.25) is 0 Å². The molecule has 2 aromatic carbocycles. The van der Waals surface area contributed by atoms with Crippen LogP contribution in [-0.2, 0) is 18.4 Å². The molecule has 0 radical (unpaired) electrons. The maximum Gasteiger partial charge on any atom is 0.397 e. The molecule has 4 rings (SSSR count). The number of halogens is 3. The van der Waals surface area contributed by atoms with Gasteiger partial charge in [0.25, 0.3) is 0 Å². The van der Waals surface area contributed by atoms with Gasteiger partial charge in [-0.3, -0.25) is 5.10 Å². The van der Waals surface area contributed by atoms with Gasteiger partial charge in [0.05, 0.1) is 11.6 Å². The first-order chi connectivity index (χ1) is 13.3. The molecule has 0 bridgehead atoms. The fraction of sp³-hybridized carbons (Fsp3) is 0.318. The van der Waals surface area contributed by atoms with Gasteiger partial charge in [-0.1, -0.05) is 30.3 Å². The smallest absolute Gasteiger partial charge is 0.367 e. The number of aromatic amines is 1. The van der Waals surface area contributed by atoms with Crippen LogP contribution >= 0.6 is 0 Å². The Morgan fingerprint density at radius 2 is 1.79 bits per heavy atom. The Balaban J connectivity index is 1.51. The van der Waals surface area contributed by atoms with Gasteiger partial charge in [0.2, 0.25) is 0 Å². The molecular formula is C22H22F3N3. The molecule has 0 fully saturated rings. The monoisotopic (exact) mass is 385 g/mol. The van der Waals surface area contributed by atoms with Gasteiger partial charge in [-0.15, -0.1) is 0 Å². The van der Waals surface area contributed by atoms with Crippen molar-refractivity contribution in [2.45, 2.75) is 38.4 Å². The van der Waals surface area contributed by atoms with Gasteiger partial charge in [-0.05, 0) is 54.7 Å². The maximum absolute atomic E-state index is 13.2. The predicted octanol–water partition coefficient (Wildman–Crippen LogP) is 5.48. The van der Waals surface area contributed by atoms with E-state index in [1.807, 2.05) is 6.20 Å². The Bertz CT molecular complexity index is 958. The minimum atomic E-state index is -4.27. The molecule has 0 spiro atoms. The number of nitrogens with zero attached hydrogens (tertiary/aromatic N) is 2. The van der Waals surface area contributed by atoms with Crippen LogP contribution in [0, 0.1) is 0 Å². The van der Waals surface area contributed by atoms with Gasteiger partial charge < -0.3 is 4.90 Å². The van der Waals surface area contributed by atoms with E-state index < -0.39 is 11.6 Å². The third kappa shape index (κ3) is 3.28. The average Bonchev–Trinajstić information content (AvgIpc) is 3.31. The van der Waals surface area contributed by atoms with E-state index in [4.69, 9.17) is 0 Å². The van der Waals surface area contributed by atoms with Gasteiger partial charge in [-0.2, -0.15) is 18.3 Å². The van der Waals surface area contributed by atoms with Crippen molar-refractivity contribution in [3.8, 4) is 11.1 Å². The SMILES string of the molecule is CC(C)(c1ccc(CN2CCc3cc(-c4cn[nH]c4)ccc32)cc1)C(F)(F)F. The van der Waals surface area contributed by atoms with Crippen molar-refractivity contribution in [3.63, 3.8) is 0 Å². The second kappa shape index (κ2) is 6.69. The molecule has 0 saturated carbocycles. The first kappa shape index (κ1) is 18.6. The highest BCUT2D eigenvalue weighted by Gasteiger charge is 2.48. The molecule has 0 unspecified atom stereocenters. The number of nitrogens with one attached hydrogen (secondary N) is 1. The number of fused-ring (bicyclic) bond motifs is 1. The van der Waals surface area contributed by atoms with Gasteiger partial charge in [-0.25, -0.2) is 0 Å². The number of alkyl halides is 3. The third-order valence-corrected chi connectivity index (χ3v) is 5.66. The normalized spacial score (nSPS) is 14.4. The topological polar surface area (TPSA) is 31.9 Å². The summed E-state index contributed by atoms with van der Waals surface area (Å²) in [7, 11) is 0. The molecule has 1 aliphatic heterocycles. The van der Waals surface area contributed by atoms with E-state index in [9.17, 15) is 13.2 Å². The quantitative estimate of drug-likeness (QED) is 0.645. The molecule has 3 aromatic rings. The van der Waals surface area contributed by atoms with Crippen molar-refractivity contribution in [1.82, 2.24) is 10.2 Å². The van der Waals surface area contributed by atoms with E-state index in [2.05, 4.69) is 33.3 Å². The molecule has 2 heterocycles. The standard InChI is InChI=1S/C22H22F3N3/c1-21(2,22(23,24)25)19-6-3-15(4-7-19)14-28-10-9-17-11-16(5-8-20(17)28)18-12-26-27-13-18/h3-8,11-13H,9-10,14H2,1-2H3,(H,26,27). The molecule has 0 atom stereocenters. The molecule has 146 valence electrons. The first-order valence-electron chi connectivity index (χ1n) is 9.29. The average molecular weight is 385 g/mol. The van der Waals surface area contributed by atoms with E-state index in [0.29, 0.717) is 6.54 Å². The summed E-state index contributed by atoms with van der Waals surface area (Å²) in [6, 6.07) is 13.2. The van der Waals surface area contributed by atoms with Crippen LogP contribution in [-0.4, -0.2) is 22.9 Å². The van der Waals surface area contributed by atoms with Crippen molar-refractivity contribution < 1.29 is 13.2 Å². The number of hydrogen-bond acceptors (Lipinski definition) is 2. The maximum atomic E-state index is 13.2. The molecular weight excluding hydrogens is 363 g/mol. The second-order valence-corrected chi connectivity index (χ2v) is 7.82. The van der Waals surface area contributed by atoms with Crippen LogP contribution < -0.4 is 4.90 Å². The lowest BCUT2D eigenvalue weighted by atomic mass is 9.83. The van der Waals surface area contributed by atoms with Crippen LogP contribution in [0.4, 0.5) is 18.9 Å². The number of rotatable bonds is 4. The van der Waals surface area contributed by atoms with Crippen molar-refractivity contribution in [3.05, 3.63) is 71.5 Å². The predicted molar refractivity (Wildman–Crippen MR) is 104 cm³/mol. The zero-order valence-electron chi connectivity index (χ0n) is 15.8. The zero-order valence-corrected chi connectivity index (χ0v) is 15.8. The third-order valence-electron chi connectivity index (χ3n) is 5.66. The summed E-state index contributed by atoms with van der Waals surface area (Å²) >= 11 is 0. The van der Waals surface area contributed by atoms with Crippen LogP contribution in [0.15, 0.2) is 54.9 Å². The van der Waals surface area contributed by atoms with E-state index in [1.54, 1.807) is 30.5 Å². The Morgan fingerprint density at radius 3 is 2.43 bits per heavy atom. The zero-order chi connectivity index (χ0) is 19.9. The fourth-order valence-electron chi connectivity index (χ4n) is 3.63. The van der Waals surface area contributed by atoms with Gasteiger partial charge in [0.15, 0.2) is 0 Å². The molecule has 3 nitrogen and oxygen atoms in total. The molecule has 1 aromatic heterocycles. The summed E-state index contributed by atoms with van der Waals surface area (Å²) in [5, 5.41) is 6.83. The molecule has 6 heteroatoms. The number of benzene rings is 2. The van der Waals surface area contributed by atoms with E-state index in [1.165, 1.54) is 25.1 Å². The van der Waals surface area contributed by atoms with E-state index >= 15 is 0 Å². The second-order valence-electron chi connectivity index (χ2n) is 7.82. The summed E-state index contributed by atoms with van der Waals surface area (Å²) in [6.07, 6.45) is 0.367. The lowest BCUT2D eigenvalue weighted by molar-refractivity contribution is -0.180. The summed E-state index contributed by atoms with van der Waals surface area (Å²) in [5.74, 6) is 0. The highest BCUT2D eigenvalue weighted by atomic mass is 19.4. The molecule has 0 aliphatic carbocycles.